The average molecular weight is 201 g/mol. The van der Waals surface area contributed by atoms with E-state index in [1.54, 1.807) is 0 Å². The fourth-order valence-corrected chi connectivity index (χ4v) is 1.06. The summed E-state index contributed by atoms with van der Waals surface area (Å²) in [6.07, 6.45) is 0. The van der Waals surface area contributed by atoms with E-state index >= 15 is 0 Å². The zero-order valence-corrected chi connectivity index (χ0v) is 8.71. The largest absolute Gasteiger partial charge is 0.368 e. The molecule has 0 radical (unpaired) electrons. The Hall–Kier alpha value is -0.900. The number of hydrogen-bond donors (Lipinski definition) is 1. The van der Waals surface area contributed by atoms with Crippen LogP contribution in [0.1, 0.15) is 32.5 Å². The van der Waals surface area contributed by atoms with Crippen LogP contribution in [0.2, 0.25) is 5.28 Å². The molecule has 0 saturated heterocycles. The van der Waals surface area contributed by atoms with Crippen LogP contribution in [0.15, 0.2) is 0 Å². The first-order valence-corrected chi connectivity index (χ1v) is 4.55. The first kappa shape index (κ1) is 10.2. The van der Waals surface area contributed by atoms with Crippen molar-refractivity contribution in [3.05, 3.63) is 11.1 Å². The van der Waals surface area contributed by atoms with Gasteiger partial charge >= 0.3 is 0 Å². The molecule has 0 aromatic carbocycles. The smallest absolute Gasteiger partial charge is 0.227 e. The molecule has 0 aliphatic rings. The molecular weight excluding hydrogens is 188 g/mol. The highest BCUT2D eigenvalue weighted by molar-refractivity contribution is 6.28. The zero-order valence-electron chi connectivity index (χ0n) is 7.95. The highest BCUT2D eigenvalue weighted by Gasteiger charge is 2.14. The monoisotopic (exact) mass is 200 g/mol. The second-order valence-corrected chi connectivity index (χ2v) is 3.69. The molecule has 1 aromatic heterocycles. The van der Waals surface area contributed by atoms with Crippen molar-refractivity contribution >= 4 is 17.5 Å². The van der Waals surface area contributed by atoms with Gasteiger partial charge in [-0.05, 0) is 17.5 Å². The summed E-state index contributed by atoms with van der Waals surface area (Å²) in [7, 11) is 0. The van der Waals surface area contributed by atoms with E-state index in [2.05, 4.69) is 28.8 Å². The predicted molar refractivity (Wildman–Crippen MR) is 52.5 cm³/mol. The third-order valence-corrected chi connectivity index (χ3v) is 2.22. The summed E-state index contributed by atoms with van der Waals surface area (Å²) in [6.45, 7) is 6.23. The highest BCUT2D eigenvalue weighted by atomic mass is 35.5. The lowest BCUT2D eigenvalue weighted by Gasteiger charge is -2.13. The van der Waals surface area contributed by atoms with E-state index in [-0.39, 0.29) is 17.1 Å². The topological polar surface area (TPSA) is 64.7 Å². The summed E-state index contributed by atoms with van der Waals surface area (Å²) in [5.74, 6) is 1.54. The number of rotatable bonds is 2. The van der Waals surface area contributed by atoms with E-state index in [0.29, 0.717) is 11.7 Å². The molecule has 72 valence electrons. The minimum Gasteiger partial charge on any atom is -0.368 e. The molecule has 4 nitrogen and oxygen atoms in total. The molecule has 0 bridgehead atoms. The van der Waals surface area contributed by atoms with E-state index in [1.165, 1.54) is 0 Å². The van der Waals surface area contributed by atoms with Crippen molar-refractivity contribution in [3.63, 3.8) is 0 Å². The lowest BCUT2D eigenvalue weighted by atomic mass is 9.97. The van der Waals surface area contributed by atoms with Crippen molar-refractivity contribution < 1.29 is 0 Å². The van der Waals surface area contributed by atoms with Gasteiger partial charge in [0.2, 0.25) is 11.2 Å². The van der Waals surface area contributed by atoms with E-state index in [4.69, 9.17) is 17.3 Å². The maximum atomic E-state index is 5.66. The molecule has 0 amide bonds. The highest BCUT2D eigenvalue weighted by Crippen LogP contribution is 2.21. The lowest BCUT2D eigenvalue weighted by Crippen LogP contribution is -2.10. The van der Waals surface area contributed by atoms with Crippen LogP contribution in [-0.2, 0) is 0 Å². The molecule has 2 N–H and O–H groups in total. The first-order valence-electron chi connectivity index (χ1n) is 4.17. The Balaban J connectivity index is 3.01. The third kappa shape index (κ3) is 2.52. The van der Waals surface area contributed by atoms with Crippen LogP contribution in [0.5, 0.6) is 0 Å². The van der Waals surface area contributed by atoms with Gasteiger partial charge < -0.3 is 5.73 Å². The fourth-order valence-electron chi connectivity index (χ4n) is 0.883. The Bertz CT molecular complexity index is 280. The van der Waals surface area contributed by atoms with Crippen molar-refractivity contribution in [1.29, 1.82) is 0 Å². The first-order chi connectivity index (χ1) is 6.00. The van der Waals surface area contributed by atoms with E-state index < -0.39 is 0 Å². The molecular formula is C8H13ClN4. The molecule has 1 unspecified atom stereocenters. The SMILES string of the molecule is CC(C)C(C)c1nc(N)nc(Cl)n1. The number of nitrogen functional groups attached to an aromatic ring is 1. The van der Waals surface area contributed by atoms with E-state index in [9.17, 15) is 0 Å². The van der Waals surface area contributed by atoms with Gasteiger partial charge in [0, 0.05) is 5.92 Å². The molecule has 0 fully saturated rings. The molecule has 0 aliphatic carbocycles. The molecule has 1 rings (SSSR count). The van der Waals surface area contributed by atoms with Crippen LogP contribution in [0, 0.1) is 5.92 Å². The maximum Gasteiger partial charge on any atom is 0.227 e. The molecule has 0 aliphatic heterocycles. The lowest BCUT2D eigenvalue weighted by molar-refractivity contribution is 0.509. The summed E-state index contributed by atoms with van der Waals surface area (Å²) >= 11 is 5.66. The normalized spacial score (nSPS) is 13.3. The van der Waals surface area contributed by atoms with Crippen molar-refractivity contribution in [2.75, 3.05) is 5.73 Å². The van der Waals surface area contributed by atoms with Gasteiger partial charge in [0.1, 0.15) is 5.82 Å². The fraction of sp³-hybridized carbons (Fsp3) is 0.625. The summed E-state index contributed by atoms with van der Waals surface area (Å²) < 4.78 is 0. The van der Waals surface area contributed by atoms with E-state index in [0.717, 1.165) is 0 Å². The van der Waals surface area contributed by atoms with Gasteiger partial charge in [0.15, 0.2) is 0 Å². The Kier molecular flexibility index (Phi) is 3.03. The summed E-state index contributed by atoms with van der Waals surface area (Å²) in [4.78, 5) is 11.7. The number of halogens is 1. The summed E-state index contributed by atoms with van der Waals surface area (Å²) in [5.41, 5.74) is 5.45. The molecule has 1 aromatic rings. The number of anilines is 1. The van der Waals surface area contributed by atoms with Crippen molar-refractivity contribution in [2.24, 2.45) is 5.92 Å². The van der Waals surface area contributed by atoms with Gasteiger partial charge in [-0.25, -0.2) is 4.98 Å². The van der Waals surface area contributed by atoms with Crippen LogP contribution in [0.25, 0.3) is 0 Å². The molecule has 5 heteroatoms. The van der Waals surface area contributed by atoms with Gasteiger partial charge in [0.05, 0.1) is 0 Å². The second-order valence-electron chi connectivity index (χ2n) is 3.35. The zero-order chi connectivity index (χ0) is 10.0. The minimum atomic E-state index is 0.162. The molecule has 0 saturated carbocycles. The van der Waals surface area contributed by atoms with Gasteiger partial charge in [-0.1, -0.05) is 20.8 Å². The van der Waals surface area contributed by atoms with Crippen molar-refractivity contribution in [1.82, 2.24) is 15.0 Å². The van der Waals surface area contributed by atoms with Gasteiger partial charge in [0.25, 0.3) is 0 Å². The third-order valence-electron chi connectivity index (χ3n) is 2.05. The van der Waals surface area contributed by atoms with Gasteiger partial charge in [-0.3, -0.25) is 0 Å². The van der Waals surface area contributed by atoms with Gasteiger partial charge in [-0.2, -0.15) is 9.97 Å². The minimum absolute atomic E-state index is 0.162. The Morgan fingerprint density at radius 3 is 2.23 bits per heavy atom. The number of nitrogens with zero attached hydrogens (tertiary/aromatic N) is 3. The van der Waals surface area contributed by atoms with Crippen LogP contribution < -0.4 is 5.73 Å². The Labute approximate surface area is 82.6 Å². The molecule has 13 heavy (non-hydrogen) atoms. The quantitative estimate of drug-likeness (QED) is 0.792. The van der Waals surface area contributed by atoms with E-state index in [1.807, 2.05) is 6.92 Å². The Morgan fingerprint density at radius 1 is 1.15 bits per heavy atom. The molecule has 0 spiro atoms. The summed E-state index contributed by atoms with van der Waals surface area (Å²) in [5, 5.41) is 0.162. The Morgan fingerprint density at radius 2 is 1.77 bits per heavy atom. The van der Waals surface area contributed by atoms with Crippen molar-refractivity contribution in [3.8, 4) is 0 Å². The van der Waals surface area contributed by atoms with Crippen LogP contribution in [-0.4, -0.2) is 15.0 Å². The number of hydrogen-bond acceptors (Lipinski definition) is 4. The maximum absolute atomic E-state index is 5.66. The van der Waals surface area contributed by atoms with Crippen LogP contribution >= 0.6 is 11.6 Å². The molecule has 1 heterocycles. The summed E-state index contributed by atoms with van der Waals surface area (Å²) in [6, 6.07) is 0. The van der Waals surface area contributed by atoms with Gasteiger partial charge in [-0.15, -0.1) is 0 Å². The average Bonchev–Trinajstić information content (AvgIpc) is 2.01. The van der Waals surface area contributed by atoms with Crippen LogP contribution in [0.3, 0.4) is 0 Å². The standard InChI is InChI=1S/C8H13ClN4/c1-4(2)5(3)6-11-7(9)13-8(10)12-6/h4-5H,1-3H3,(H2,10,11,12,13). The van der Waals surface area contributed by atoms with Crippen LogP contribution in [0.4, 0.5) is 5.95 Å². The number of nitrogens with two attached hydrogens (primary N) is 1. The predicted octanol–water partition coefficient (Wildman–Crippen LogP) is 1.87. The molecule has 1 atom stereocenters. The second kappa shape index (κ2) is 3.87. The van der Waals surface area contributed by atoms with Crippen molar-refractivity contribution in [2.45, 2.75) is 26.7 Å². The number of aromatic nitrogens is 3.